The van der Waals surface area contributed by atoms with Crippen LogP contribution in [0, 0.1) is 0 Å². The molecule has 2 aromatic carbocycles. The van der Waals surface area contributed by atoms with Gasteiger partial charge in [-0.2, -0.15) is 5.10 Å². The Morgan fingerprint density at radius 3 is 2.12 bits per heavy atom. The van der Waals surface area contributed by atoms with Crippen molar-refractivity contribution in [3.63, 3.8) is 0 Å². The minimum Gasteiger partial charge on any atom is -0.388 e. The number of benzene rings is 2. The molecule has 3 aromatic rings. The molecule has 0 unspecified atom stereocenters. The maximum absolute atomic E-state index is 10.5. The van der Waals surface area contributed by atoms with Crippen LogP contribution in [0.15, 0.2) is 72.9 Å². The molecule has 5 heteroatoms. The molecule has 130 valence electrons. The van der Waals surface area contributed by atoms with Gasteiger partial charge < -0.3 is 14.6 Å². The van der Waals surface area contributed by atoms with E-state index in [1.54, 1.807) is 12.3 Å². The summed E-state index contributed by atoms with van der Waals surface area (Å²) in [7, 11) is 0. The number of aliphatic hydroxyl groups excluding tert-OH is 1. The van der Waals surface area contributed by atoms with Crippen molar-refractivity contribution in [3.8, 4) is 0 Å². The van der Waals surface area contributed by atoms with Crippen molar-refractivity contribution in [2.24, 2.45) is 0 Å². The van der Waals surface area contributed by atoms with Crippen molar-refractivity contribution in [3.05, 3.63) is 89.7 Å². The summed E-state index contributed by atoms with van der Waals surface area (Å²) in [5.74, 6) is 0. The zero-order chi connectivity index (χ0) is 17.3. The average molecular weight is 338 g/mol. The molecule has 2 atom stereocenters. The minimum atomic E-state index is -0.798. The molecule has 0 fully saturated rings. The highest BCUT2D eigenvalue weighted by molar-refractivity contribution is 5.14. The zero-order valence-electron chi connectivity index (χ0n) is 13.9. The highest BCUT2D eigenvalue weighted by Gasteiger charge is 2.23. The van der Waals surface area contributed by atoms with Gasteiger partial charge in [0.25, 0.3) is 0 Å². The van der Waals surface area contributed by atoms with Crippen LogP contribution in [0.2, 0.25) is 0 Å². The number of nitrogens with one attached hydrogen (secondary N) is 1. The number of aromatic nitrogens is 2. The third-order valence-corrected chi connectivity index (χ3v) is 3.85. The quantitative estimate of drug-likeness (QED) is 0.628. The minimum absolute atomic E-state index is 0.174. The van der Waals surface area contributed by atoms with E-state index in [1.807, 2.05) is 60.7 Å². The van der Waals surface area contributed by atoms with Crippen LogP contribution in [0.5, 0.6) is 0 Å². The Labute approximate surface area is 147 Å². The maximum atomic E-state index is 10.5. The summed E-state index contributed by atoms with van der Waals surface area (Å²) < 4.78 is 11.6. The van der Waals surface area contributed by atoms with Crippen LogP contribution in [0.1, 0.15) is 22.9 Å². The molecule has 0 aliphatic carbocycles. The molecule has 3 rings (SSSR count). The number of ether oxygens (including phenoxy) is 2. The standard InChI is InChI=1S/C20H22N2O3/c23-19(15-24-13-16-7-3-1-4-8-16)20(18-11-12-21-22-18)25-14-17-9-5-2-6-10-17/h1-12,19-20,23H,13-15H2,(H,21,22)/t19-,20+/m1/s1. The summed E-state index contributed by atoms with van der Waals surface area (Å²) >= 11 is 0. The van der Waals surface area contributed by atoms with Gasteiger partial charge in [-0.15, -0.1) is 0 Å². The lowest BCUT2D eigenvalue weighted by molar-refractivity contribution is -0.0846. The number of aromatic amines is 1. The van der Waals surface area contributed by atoms with Gasteiger partial charge in [0.1, 0.15) is 12.2 Å². The van der Waals surface area contributed by atoms with Crippen LogP contribution >= 0.6 is 0 Å². The molecule has 0 aliphatic rings. The second kappa shape index (κ2) is 9.13. The molecule has 25 heavy (non-hydrogen) atoms. The van der Waals surface area contributed by atoms with E-state index in [0.717, 1.165) is 16.8 Å². The van der Waals surface area contributed by atoms with Gasteiger partial charge in [-0.1, -0.05) is 60.7 Å². The predicted octanol–water partition coefficient (Wildman–Crippen LogP) is 3.25. The Morgan fingerprint density at radius 1 is 0.880 bits per heavy atom. The Balaban J connectivity index is 1.56. The van der Waals surface area contributed by atoms with E-state index in [1.165, 1.54) is 0 Å². The summed E-state index contributed by atoms with van der Waals surface area (Å²) in [5, 5.41) is 17.4. The lowest BCUT2D eigenvalue weighted by Crippen LogP contribution is -2.26. The van der Waals surface area contributed by atoms with Crippen molar-refractivity contribution in [2.75, 3.05) is 6.61 Å². The largest absolute Gasteiger partial charge is 0.388 e. The van der Waals surface area contributed by atoms with Crippen LogP contribution in [0.3, 0.4) is 0 Å². The normalized spacial score (nSPS) is 13.5. The smallest absolute Gasteiger partial charge is 0.127 e. The monoisotopic (exact) mass is 338 g/mol. The number of hydrogen-bond acceptors (Lipinski definition) is 4. The van der Waals surface area contributed by atoms with Crippen LogP contribution in [0.4, 0.5) is 0 Å². The summed E-state index contributed by atoms with van der Waals surface area (Å²) in [6.07, 6.45) is 0.317. The molecule has 1 aromatic heterocycles. The van der Waals surface area contributed by atoms with Gasteiger partial charge in [0.2, 0.25) is 0 Å². The first kappa shape index (κ1) is 17.4. The van der Waals surface area contributed by atoms with Crippen LogP contribution < -0.4 is 0 Å². The molecule has 0 amide bonds. The number of aliphatic hydroxyl groups is 1. The fourth-order valence-electron chi connectivity index (χ4n) is 2.55. The molecule has 2 N–H and O–H groups in total. The fraction of sp³-hybridized carbons (Fsp3) is 0.250. The zero-order valence-corrected chi connectivity index (χ0v) is 13.9. The summed E-state index contributed by atoms with van der Waals surface area (Å²) in [6, 6.07) is 21.5. The van der Waals surface area contributed by atoms with Gasteiger partial charge in [0.05, 0.1) is 25.5 Å². The van der Waals surface area contributed by atoms with Gasteiger partial charge >= 0.3 is 0 Å². The van der Waals surface area contributed by atoms with E-state index in [-0.39, 0.29) is 6.61 Å². The molecule has 0 aliphatic heterocycles. The van der Waals surface area contributed by atoms with E-state index in [2.05, 4.69) is 10.2 Å². The molecule has 0 bridgehead atoms. The van der Waals surface area contributed by atoms with Crippen molar-refractivity contribution in [2.45, 2.75) is 25.4 Å². The van der Waals surface area contributed by atoms with E-state index >= 15 is 0 Å². The molecular weight excluding hydrogens is 316 g/mol. The van der Waals surface area contributed by atoms with Crippen LogP contribution in [-0.2, 0) is 22.7 Å². The van der Waals surface area contributed by atoms with Crippen molar-refractivity contribution in [1.82, 2.24) is 10.2 Å². The van der Waals surface area contributed by atoms with Gasteiger partial charge in [-0.3, -0.25) is 5.10 Å². The molecule has 0 spiro atoms. The molecule has 5 nitrogen and oxygen atoms in total. The maximum Gasteiger partial charge on any atom is 0.127 e. The molecule has 0 radical (unpaired) electrons. The fourth-order valence-corrected chi connectivity index (χ4v) is 2.55. The third-order valence-electron chi connectivity index (χ3n) is 3.85. The average Bonchev–Trinajstić information content (AvgIpc) is 3.18. The van der Waals surface area contributed by atoms with Crippen LogP contribution in [0.25, 0.3) is 0 Å². The third kappa shape index (κ3) is 5.26. The van der Waals surface area contributed by atoms with E-state index < -0.39 is 12.2 Å². The van der Waals surface area contributed by atoms with Crippen molar-refractivity contribution < 1.29 is 14.6 Å². The number of hydrogen-bond donors (Lipinski definition) is 2. The molecular formula is C20H22N2O3. The summed E-state index contributed by atoms with van der Waals surface area (Å²) in [4.78, 5) is 0. The lowest BCUT2D eigenvalue weighted by Gasteiger charge is -2.22. The first-order valence-electron chi connectivity index (χ1n) is 8.27. The number of H-pyrrole nitrogens is 1. The van der Waals surface area contributed by atoms with E-state index in [0.29, 0.717) is 13.2 Å². The molecule has 0 saturated carbocycles. The van der Waals surface area contributed by atoms with Crippen molar-refractivity contribution in [1.29, 1.82) is 0 Å². The Kier molecular flexibility index (Phi) is 6.34. The summed E-state index contributed by atoms with van der Waals surface area (Å²) in [6.45, 7) is 1.03. The van der Waals surface area contributed by atoms with Gasteiger partial charge in [0, 0.05) is 6.20 Å². The number of nitrogens with zero attached hydrogens (tertiary/aromatic N) is 1. The van der Waals surface area contributed by atoms with E-state index in [9.17, 15) is 5.11 Å². The Hall–Kier alpha value is -2.47. The van der Waals surface area contributed by atoms with Crippen molar-refractivity contribution >= 4 is 0 Å². The van der Waals surface area contributed by atoms with Crippen LogP contribution in [-0.4, -0.2) is 28.0 Å². The molecule has 1 heterocycles. The second-order valence-corrected chi connectivity index (χ2v) is 5.80. The Bertz CT molecular complexity index is 717. The first-order valence-corrected chi connectivity index (χ1v) is 8.27. The SMILES string of the molecule is O[C@H](COCc1ccccc1)[C@@H](OCc1ccccc1)c1ccn[nH]1. The van der Waals surface area contributed by atoms with Gasteiger partial charge in [-0.25, -0.2) is 0 Å². The highest BCUT2D eigenvalue weighted by Crippen LogP contribution is 2.22. The van der Waals surface area contributed by atoms with E-state index in [4.69, 9.17) is 9.47 Å². The predicted molar refractivity (Wildman–Crippen MR) is 94.7 cm³/mol. The first-order chi connectivity index (χ1) is 12.3. The molecule has 0 saturated heterocycles. The van der Waals surface area contributed by atoms with Gasteiger partial charge in [-0.05, 0) is 17.2 Å². The highest BCUT2D eigenvalue weighted by atomic mass is 16.5. The number of rotatable bonds is 9. The van der Waals surface area contributed by atoms with Gasteiger partial charge in [0.15, 0.2) is 0 Å². The lowest BCUT2D eigenvalue weighted by atomic mass is 10.1. The Morgan fingerprint density at radius 2 is 1.52 bits per heavy atom. The summed E-state index contributed by atoms with van der Waals surface area (Å²) in [5.41, 5.74) is 2.84. The second-order valence-electron chi connectivity index (χ2n) is 5.80. The topological polar surface area (TPSA) is 67.4 Å².